The van der Waals surface area contributed by atoms with Crippen molar-refractivity contribution in [1.29, 1.82) is 0 Å². The van der Waals surface area contributed by atoms with E-state index in [4.69, 9.17) is 9.72 Å². The summed E-state index contributed by atoms with van der Waals surface area (Å²) in [6.45, 7) is 0.00818. The molecule has 9 heteroatoms. The number of rotatable bonds is 6. The van der Waals surface area contributed by atoms with Gasteiger partial charge in [0.05, 0.1) is 0 Å². The van der Waals surface area contributed by atoms with Gasteiger partial charge < -0.3 is 19.7 Å². The quantitative estimate of drug-likeness (QED) is 0.777. The molecule has 3 heterocycles. The highest BCUT2D eigenvalue weighted by Crippen LogP contribution is 2.27. The third kappa shape index (κ3) is 5.02. The highest BCUT2D eigenvalue weighted by atomic mass is 19.3. The lowest BCUT2D eigenvalue weighted by Gasteiger charge is -2.23. The summed E-state index contributed by atoms with van der Waals surface area (Å²) in [6, 6.07) is 7.59. The molecule has 2 aliphatic heterocycles. The van der Waals surface area contributed by atoms with E-state index in [-0.39, 0.29) is 17.7 Å². The molecule has 2 fully saturated rings. The van der Waals surface area contributed by atoms with Gasteiger partial charge in [-0.25, -0.2) is 9.97 Å². The van der Waals surface area contributed by atoms with E-state index in [9.17, 15) is 13.6 Å². The Morgan fingerprint density at radius 1 is 1.17 bits per heavy atom. The zero-order valence-electron chi connectivity index (χ0n) is 16.5. The summed E-state index contributed by atoms with van der Waals surface area (Å²) >= 11 is 0. The minimum Gasteiger partial charge on any atom is -0.435 e. The van der Waals surface area contributed by atoms with E-state index in [2.05, 4.69) is 19.9 Å². The Kier molecular flexibility index (Phi) is 6.37. The van der Waals surface area contributed by atoms with Gasteiger partial charge in [-0.3, -0.25) is 4.79 Å². The van der Waals surface area contributed by atoms with Crippen LogP contribution >= 0.6 is 0 Å². The number of ether oxygens (including phenoxy) is 2. The number of carbonyl (C=O) groups is 1. The van der Waals surface area contributed by atoms with Gasteiger partial charge in [-0.1, -0.05) is 0 Å². The van der Waals surface area contributed by atoms with Crippen molar-refractivity contribution >= 4 is 11.9 Å². The van der Waals surface area contributed by atoms with Gasteiger partial charge in [0.15, 0.2) is 0 Å². The van der Waals surface area contributed by atoms with Crippen LogP contribution in [0.25, 0.3) is 0 Å². The van der Waals surface area contributed by atoms with Crippen molar-refractivity contribution in [3.8, 4) is 5.75 Å². The Morgan fingerprint density at radius 2 is 1.93 bits per heavy atom. The first-order valence-electron chi connectivity index (χ1n) is 10.1. The number of carbonyl (C=O) groups excluding carboxylic acids is 1. The van der Waals surface area contributed by atoms with Crippen molar-refractivity contribution in [1.82, 2.24) is 15.3 Å². The van der Waals surface area contributed by atoms with Crippen molar-refractivity contribution in [3.05, 3.63) is 47.8 Å². The van der Waals surface area contributed by atoms with Gasteiger partial charge >= 0.3 is 6.61 Å². The lowest BCUT2D eigenvalue weighted by Crippen LogP contribution is -2.37. The number of nitrogens with one attached hydrogen (secondary N) is 1. The number of halogens is 2. The number of alkyl halides is 2. The highest BCUT2D eigenvalue weighted by molar-refractivity contribution is 5.94. The molecule has 1 atom stereocenters. The second-order valence-corrected chi connectivity index (χ2v) is 7.48. The van der Waals surface area contributed by atoms with Gasteiger partial charge in [0.2, 0.25) is 5.95 Å². The van der Waals surface area contributed by atoms with Crippen molar-refractivity contribution in [2.45, 2.75) is 37.8 Å². The van der Waals surface area contributed by atoms with Crippen LogP contribution < -0.4 is 15.0 Å². The van der Waals surface area contributed by atoms with Gasteiger partial charge in [-0.2, -0.15) is 8.78 Å². The number of nitrogens with zero attached hydrogens (tertiary/aromatic N) is 3. The van der Waals surface area contributed by atoms with Gasteiger partial charge in [-0.15, -0.1) is 0 Å². The summed E-state index contributed by atoms with van der Waals surface area (Å²) in [5.74, 6) is 0.859. The maximum absolute atomic E-state index is 12.5. The molecular weight excluding hydrogens is 394 g/mol. The van der Waals surface area contributed by atoms with Crippen LogP contribution in [0.2, 0.25) is 0 Å². The van der Waals surface area contributed by atoms with Crippen LogP contribution in [0, 0.1) is 0 Å². The van der Waals surface area contributed by atoms with Crippen LogP contribution in [-0.4, -0.2) is 54.8 Å². The van der Waals surface area contributed by atoms with Crippen LogP contribution in [0.3, 0.4) is 0 Å². The van der Waals surface area contributed by atoms with Crippen LogP contribution in [0.15, 0.2) is 36.5 Å². The highest BCUT2D eigenvalue weighted by Gasteiger charge is 2.27. The predicted molar refractivity (Wildman–Crippen MR) is 106 cm³/mol. The SMILES string of the molecule is O=C(NC1CCN(c2nccc(C3CCOCC3)n2)C1)c1ccc(OC(F)F)cc1. The Hall–Kier alpha value is -2.81. The summed E-state index contributed by atoms with van der Waals surface area (Å²) in [4.78, 5) is 23.7. The maximum Gasteiger partial charge on any atom is 0.387 e. The molecule has 0 aliphatic carbocycles. The van der Waals surface area contributed by atoms with Gasteiger partial charge in [0.25, 0.3) is 5.91 Å². The second kappa shape index (κ2) is 9.34. The molecule has 7 nitrogen and oxygen atoms in total. The number of hydrogen-bond donors (Lipinski definition) is 1. The Morgan fingerprint density at radius 3 is 2.67 bits per heavy atom. The van der Waals surface area contributed by atoms with Crippen LogP contribution in [-0.2, 0) is 4.74 Å². The largest absolute Gasteiger partial charge is 0.435 e. The molecule has 0 spiro atoms. The lowest BCUT2D eigenvalue weighted by molar-refractivity contribution is -0.0498. The number of benzene rings is 1. The molecule has 2 aromatic rings. The topological polar surface area (TPSA) is 76.6 Å². The first-order valence-corrected chi connectivity index (χ1v) is 10.1. The van der Waals surface area contributed by atoms with Crippen molar-refractivity contribution in [2.24, 2.45) is 0 Å². The average Bonchev–Trinajstić information content (AvgIpc) is 3.23. The third-order valence-corrected chi connectivity index (χ3v) is 5.45. The number of anilines is 1. The second-order valence-electron chi connectivity index (χ2n) is 7.48. The first kappa shape index (κ1) is 20.5. The van der Waals surface area contributed by atoms with Crippen molar-refractivity contribution in [2.75, 3.05) is 31.2 Å². The molecule has 2 aliphatic rings. The van der Waals surface area contributed by atoms with Crippen molar-refractivity contribution < 1.29 is 23.0 Å². The number of aromatic nitrogens is 2. The molecular formula is C21H24F2N4O3. The van der Waals surface area contributed by atoms with E-state index in [1.807, 2.05) is 6.07 Å². The molecule has 2 saturated heterocycles. The van der Waals surface area contributed by atoms with Crippen LogP contribution in [0.5, 0.6) is 5.75 Å². The zero-order chi connectivity index (χ0) is 20.9. The molecule has 1 aromatic heterocycles. The molecule has 1 N–H and O–H groups in total. The smallest absolute Gasteiger partial charge is 0.387 e. The summed E-state index contributed by atoms with van der Waals surface area (Å²) in [6.07, 6.45) is 4.51. The average molecular weight is 418 g/mol. The fraction of sp³-hybridized carbons (Fsp3) is 0.476. The lowest BCUT2D eigenvalue weighted by atomic mass is 9.96. The molecule has 30 heavy (non-hydrogen) atoms. The molecule has 1 amide bonds. The summed E-state index contributed by atoms with van der Waals surface area (Å²) in [7, 11) is 0. The molecule has 0 saturated carbocycles. The summed E-state index contributed by atoms with van der Waals surface area (Å²) in [5, 5.41) is 2.99. The van der Waals surface area contributed by atoms with E-state index < -0.39 is 6.61 Å². The molecule has 0 radical (unpaired) electrons. The maximum atomic E-state index is 12.5. The van der Waals surface area contributed by atoms with E-state index in [1.165, 1.54) is 24.3 Å². The van der Waals surface area contributed by atoms with Gasteiger partial charge in [0.1, 0.15) is 5.75 Å². The Bertz CT molecular complexity index is 860. The molecule has 0 bridgehead atoms. The first-order chi connectivity index (χ1) is 14.6. The fourth-order valence-corrected chi connectivity index (χ4v) is 3.85. The van der Waals surface area contributed by atoms with E-state index in [0.717, 1.165) is 44.7 Å². The molecule has 4 rings (SSSR count). The Labute approximate surface area is 173 Å². The van der Waals surface area contributed by atoms with Gasteiger partial charge in [0, 0.05) is 55.7 Å². The summed E-state index contributed by atoms with van der Waals surface area (Å²) < 4.78 is 34.2. The third-order valence-electron chi connectivity index (χ3n) is 5.45. The number of hydrogen-bond acceptors (Lipinski definition) is 6. The van der Waals surface area contributed by atoms with Gasteiger partial charge in [-0.05, 0) is 49.6 Å². The molecule has 160 valence electrons. The molecule has 1 aromatic carbocycles. The van der Waals surface area contributed by atoms with E-state index in [0.29, 0.717) is 24.0 Å². The minimum atomic E-state index is -2.89. The predicted octanol–water partition coefficient (Wildman–Crippen LogP) is 2.98. The zero-order valence-corrected chi connectivity index (χ0v) is 16.5. The monoisotopic (exact) mass is 418 g/mol. The van der Waals surface area contributed by atoms with Crippen LogP contribution in [0.4, 0.5) is 14.7 Å². The van der Waals surface area contributed by atoms with Crippen molar-refractivity contribution in [3.63, 3.8) is 0 Å². The fourth-order valence-electron chi connectivity index (χ4n) is 3.85. The normalized spacial score (nSPS) is 19.8. The van der Waals surface area contributed by atoms with E-state index in [1.54, 1.807) is 6.20 Å². The minimum absolute atomic E-state index is 0.0233. The number of amides is 1. The molecule has 1 unspecified atom stereocenters. The summed E-state index contributed by atoms with van der Waals surface area (Å²) in [5.41, 5.74) is 1.44. The Balaban J connectivity index is 1.33. The van der Waals surface area contributed by atoms with E-state index >= 15 is 0 Å². The van der Waals surface area contributed by atoms with Crippen LogP contribution in [0.1, 0.15) is 41.2 Å². The standard InChI is InChI=1S/C21H24F2N4O3/c22-20(23)30-17-3-1-15(2-4-17)19(28)25-16-6-10-27(13-16)21-24-9-5-18(26-21)14-7-11-29-12-8-14/h1-5,9,14,16,20H,6-8,10-13H2,(H,25,28).